The van der Waals surface area contributed by atoms with Crippen molar-refractivity contribution in [1.82, 2.24) is 49.8 Å². The lowest BCUT2D eigenvalue weighted by molar-refractivity contribution is 1.33. The molecule has 0 atom stereocenters. The van der Waals surface area contributed by atoms with Crippen LogP contribution in [0.2, 0.25) is 0 Å². The van der Waals surface area contributed by atoms with Gasteiger partial charge in [-0.3, -0.25) is 19.9 Å². The third kappa shape index (κ3) is 11.1. The molecule has 0 bridgehead atoms. The van der Waals surface area contributed by atoms with Crippen molar-refractivity contribution in [1.29, 1.82) is 0 Å². The molecule has 10 heteroatoms. The van der Waals surface area contributed by atoms with E-state index in [0.29, 0.717) is 0 Å². The standard InChI is InChI=1S/2C49H29N5/c1-2-8-37-36(6-1)28-50-29-42(37)47-24-17-35-27-33(15-21-44(35)53-47)32-14-20-43-34(26-32)16-23-45(52-43)40-18-19-41(39-10-4-3-9-38(39)40)46-22-13-31-12-11-30-7-5-25-51-48(30)49(31)54-46;1-2-6-41-40(4-1)28-50-29-42(41)47-22-17-39-27-35(15-20-45(39)53-47)34-14-19-43-38(26-34)16-21-44(52-43)36-11-9-33-25-37(12-10-32(33)24-36)46-18-13-31-8-7-30-5-3-23-51-48(30)49(31)54-46/h2*1-29H. The Hall–Kier alpha value is -14.7. The first-order valence-electron chi connectivity index (χ1n) is 36.1. The van der Waals surface area contributed by atoms with Crippen molar-refractivity contribution >= 4 is 130 Å². The van der Waals surface area contributed by atoms with E-state index in [0.717, 1.165) is 220 Å². The molecule has 0 aliphatic heterocycles. The van der Waals surface area contributed by atoms with Crippen molar-refractivity contribution in [2.45, 2.75) is 0 Å². The van der Waals surface area contributed by atoms with Crippen molar-refractivity contribution in [2.75, 3.05) is 0 Å². The molecule has 0 saturated carbocycles. The fourth-order valence-corrected chi connectivity index (χ4v) is 15.5. The summed E-state index contributed by atoms with van der Waals surface area (Å²) in [6.45, 7) is 0. The van der Waals surface area contributed by atoms with Crippen LogP contribution in [-0.2, 0) is 0 Å². The van der Waals surface area contributed by atoms with E-state index in [1.165, 1.54) is 0 Å². The van der Waals surface area contributed by atoms with E-state index in [9.17, 15) is 0 Å². The Balaban J connectivity index is 0.000000138. The van der Waals surface area contributed by atoms with Crippen molar-refractivity contribution < 1.29 is 0 Å². The highest BCUT2D eigenvalue weighted by atomic mass is 14.8. The summed E-state index contributed by atoms with van der Waals surface area (Å²) in [5.74, 6) is 0. The van der Waals surface area contributed by atoms with E-state index in [2.05, 4.69) is 311 Å². The normalized spacial score (nSPS) is 11.7. The molecule has 0 aliphatic carbocycles. The Kier molecular flexibility index (Phi) is 14.7. The lowest BCUT2D eigenvalue weighted by Gasteiger charge is -2.13. The maximum Gasteiger partial charge on any atom is 0.0972 e. The first kappa shape index (κ1) is 61.9. The van der Waals surface area contributed by atoms with E-state index < -0.39 is 0 Å². The zero-order valence-electron chi connectivity index (χ0n) is 58.0. The Morgan fingerprint density at radius 3 is 0.898 bits per heavy atom. The van der Waals surface area contributed by atoms with Gasteiger partial charge in [0, 0.05) is 124 Å². The molecule has 0 saturated heterocycles. The molecule has 12 aromatic carbocycles. The quantitative estimate of drug-likeness (QED) is 0.136. The van der Waals surface area contributed by atoms with Crippen LogP contribution in [-0.4, -0.2) is 49.8 Å². The zero-order valence-corrected chi connectivity index (χ0v) is 58.0. The number of aromatic nitrogens is 10. The molecule has 0 N–H and O–H groups in total. The Labute approximate surface area is 618 Å². The Morgan fingerprint density at radius 2 is 0.463 bits per heavy atom. The molecule has 0 fully saturated rings. The first-order chi connectivity index (χ1) is 53.4. The fourth-order valence-electron chi connectivity index (χ4n) is 15.5. The van der Waals surface area contributed by atoms with E-state index in [-0.39, 0.29) is 0 Å². The van der Waals surface area contributed by atoms with Gasteiger partial charge >= 0.3 is 0 Å². The second-order valence-electron chi connectivity index (χ2n) is 27.5. The summed E-state index contributed by atoms with van der Waals surface area (Å²) in [5.41, 5.74) is 24.1. The minimum atomic E-state index is 0.915. The molecule has 10 aromatic heterocycles. The molecule has 500 valence electrons. The number of hydrogen-bond donors (Lipinski definition) is 0. The average molecular weight is 1380 g/mol. The monoisotopic (exact) mass is 1370 g/mol. The van der Waals surface area contributed by atoms with Gasteiger partial charge in [0.1, 0.15) is 0 Å². The summed E-state index contributed by atoms with van der Waals surface area (Å²) in [5, 5.41) is 17.9. The van der Waals surface area contributed by atoms with Gasteiger partial charge in [0.15, 0.2) is 0 Å². The lowest BCUT2D eigenvalue weighted by Crippen LogP contribution is -1.92. The molecule has 0 spiro atoms. The zero-order chi connectivity index (χ0) is 71.2. The second kappa shape index (κ2) is 25.6. The van der Waals surface area contributed by atoms with Gasteiger partial charge in [0.25, 0.3) is 0 Å². The summed E-state index contributed by atoms with van der Waals surface area (Å²) >= 11 is 0. The minimum Gasteiger partial charge on any atom is -0.263 e. The fraction of sp³-hybridized carbons (Fsp3) is 0. The van der Waals surface area contributed by atoms with Gasteiger partial charge in [-0.2, -0.15) is 0 Å². The number of hydrogen-bond acceptors (Lipinski definition) is 10. The smallest absolute Gasteiger partial charge is 0.0972 e. The third-order valence-electron chi connectivity index (χ3n) is 21.1. The number of nitrogens with zero attached hydrogens (tertiary/aromatic N) is 10. The van der Waals surface area contributed by atoms with Crippen LogP contribution >= 0.6 is 0 Å². The predicted octanol–water partition coefficient (Wildman–Crippen LogP) is 24.5. The molecule has 22 rings (SSSR count). The van der Waals surface area contributed by atoms with Crippen LogP contribution in [0.25, 0.3) is 220 Å². The summed E-state index contributed by atoms with van der Waals surface area (Å²) in [6, 6.07) is 111. The molecule has 108 heavy (non-hydrogen) atoms. The summed E-state index contributed by atoms with van der Waals surface area (Å²) in [6.07, 6.45) is 11.3. The van der Waals surface area contributed by atoms with Gasteiger partial charge in [0.2, 0.25) is 0 Å². The number of pyridine rings is 10. The first-order valence-corrected chi connectivity index (χ1v) is 36.1. The topological polar surface area (TPSA) is 129 Å². The van der Waals surface area contributed by atoms with E-state index in [1.54, 1.807) is 0 Å². The predicted molar refractivity (Wildman–Crippen MR) is 444 cm³/mol. The number of rotatable bonds is 8. The largest absolute Gasteiger partial charge is 0.263 e. The summed E-state index contributed by atoms with van der Waals surface area (Å²) < 4.78 is 0. The van der Waals surface area contributed by atoms with Crippen LogP contribution < -0.4 is 0 Å². The average Bonchev–Trinajstić information content (AvgIpc) is 0.766. The maximum atomic E-state index is 5.18. The van der Waals surface area contributed by atoms with Gasteiger partial charge in [-0.25, -0.2) is 29.9 Å². The Morgan fingerprint density at radius 1 is 0.167 bits per heavy atom. The molecule has 0 aliphatic rings. The number of fused-ring (bicyclic) bond motifs is 14. The van der Waals surface area contributed by atoms with E-state index in [1.807, 2.05) is 61.4 Å². The molecule has 22 aromatic rings. The number of benzene rings is 12. The third-order valence-corrected chi connectivity index (χ3v) is 21.1. The van der Waals surface area contributed by atoms with E-state index >= 15 is 0 Å². The molecule has 0 unspecified atom stereocenters. The van der Waals surface area contributed by atoms with Crippen molar-refractivity contribution in [3.63, 3.8) is 0 Å². The molecular formula is C98H58N10. The molecule has 0 amide bonds. The van der Waals surface area contributed by atoms with Gasteiger partial charge in [0.05, 0.1) is 78.3 Å². The highest BCUT2D eigenvalue weighted by Crippen LogP contribution is 2.40. The minimum absolute atomic E-state index is 0.915. The van der Waals surface area contributed by atoms with Crippen molar-refractivity contribution in [3.8, 4) is 89.8 Å². The van der Waals surface area contributed by atoms with Crippen LogP contribution in [0.1, 0.15) is 0 Å². The lowest BCUT2D eigenvalue weighted by atomic mass is 9.95. The van der Waals surface area contributed by atoms with Gasteiger partial charge in [-0.1, -0.05) is 206 Å². The van der Waals surface area contributed by atoms with Crippen molar-refractivity contribution in [2.24, 2.45) is 0 Å². The van der Waals surface area contributed by atoms with Crippen LogP contribution in [0.15, 0.2) is 353 Å². The van der Waals surface area contributed by atoms with Crippen LogP contribution in [0.3, 0.4) is 0 Å². The van der Waals surface area contributed by atoms with Crippen molar-refractivity contribution in [3.05, 3.63) is 353 Å². The maximum absolute atomic E-state index is 5.18. The van der Waals surface area contributed by atoms with E-state index in [4.69, 9.17) is 29.9 Å². The van der Waals surface area contributed by atoms with Crippen LogP contribution in [0.5, 0.6) is 0 Å². The molecule has 10 heterocycles. The SMILES string of the molecule is c1ccc2c(-c3ccc4cc(-c5ccc6nc(-c7ccc(-c8ccc9ccc%10cccnc%10c9n8)c8ccccc78)ccc6c5)ccc4n3)cncc2c1.c1ccc2c(-c3ccc4cc(-c5ccc6nc(-c7ccc8cc(-c9ccc%10ccc%11cccnc%11c%10n9)ccc8c7)ccc6c5)ccc4n3)cncc2c1. The van der Waals surface area contributed by atoms with Crippen LogP contribution in [0, 0.1) is 0 Å². The Bertz CT molecular complexity index is 7470. The van der Waals surface area contributed by atoms with Crippen LogP contribution in [0.4, 0.5) is 0 Å². The van der Waals surface area contributed by atoms with Gasteiger partial charge in [-0.15, -0.1) is 0 Å². The highest BCUT2D eigenvalue weighted by Gasteiger charge is 2.17. The molecular weight excluding hydrogens is 1320 g/mol. The highest BCUT2D eigenvalue weighted by molar-refractivity contribution is 6.09. The summed E-state index contributed by atoms with van der Waals surface area (Å²) in [4.78, 5) is 48.7. The summed E-state index contributed by atoms with van der Waals surface area (Å²) in [7, 11) is 0. The van der Waals surface area contributed by atoms with Gasteiger partial charge < -0.3 is 0 Å². The van der Waals surface area contributed by atoms with Gasteiger partial charge in [-0.05, 0) is 164 Å². The second-order valence-corrected chi connectivity index (χ2v) is 27.5. The molecule has 0 radical (unpaired) electrons. The molecule has 10 nitrogen and oxygen atoms in total.